The average Bonchev–Trinajstić information content (AvgIpc) is 2.74. The van der Waals surface area contributed by atoms with Crippen molar-refractivity contribution in [2.45, 2.75) is 66.2 Å². The van der Waals surface area contributed by atoms with Crippen LogP contribution in [-0.4, -0.2) is 41.0 Å². The first-order valence-electron chi connectivity index (χ1n) is 11.7. The smallest absolute Gasteiger partial charge is 0.408 e. The molecule has 2 unspecified atom stereocenters. The lowest BCUT2D eigenvalue weighted by Crippen LogP contribution is -2.51. The molecule has 0 aliphatic carbocycles. The van der Waals surface area contributed by atoms with Gasteiger partial charge >= 0.3 is 6.09 Å². The number of amides is 3. The Hall–Kier alpha value is -3.61. The SMILES string of the molecule is C=CCN(C(=O)C(C)NC(=O)OC(C)(C)C)C(C(=O)Nc1c(C)cccc1C)c1cccc(C)c1. The molecule has 3 amide bonds. The van der Waals surface area contributed by atoms with Crippen molar-refractivity contribution in [2.75, 3.05) is 11.9 Å². The van der Waals surface area contributed by atoms with Gasteiger partial charge in [0.05, 0.1) is 0 Å². The van der Waals surface area contributed by atoms with Gasteiger partial charge in [-0.15, -0.1) is 6.58 Å². The summed E-state index contributed by atoms with van der Waals surface area (Å²) >= 11 is 0. The van der Waals surface area contributed by atoms with Gasteiger partial charge in [-0.2, -0.15) is 0 Å². The highest BCUT2D eigenvalue weighted by Crippen LogP contribution is 2.27. The van der Waals surface area contributed by atoms with Crippen LogP contribution in [0.2, 0.25) is 0 Å². The molecule has 2 aromatic rings. The van der Waals surface area contributed by atoms with Gasteiger partial charge in [0.2, 0.25) is 5.91 Å². The van der Waals surface area contributed by atoms with Crippen LogP contribution < -0.4 is 10.6 Å². The molecule has 2 atom stereocenters. The number of anilines is 1. The molecule has 0 spiro atoms. The second-order valence-corrected chi connectivity index (χ2v) is 9.72. The summed E-state index contributed by atoms with van der Waals surface area (Å²) in [5.41, 5.74) is 3.46. The van der Waals surface area contributed by atoms with Crippen LogP contribution in [0.3, 0.4) is 0 Å². The van der Waals surface area contributed by atoms with E-state index in [1.807, 2.05) is 63.2 Å². The fraction of sp³-hybridized carbons (Fsp3) is 0.393. The normalized spacial score (nSPS) is 12.8. The van der Waals surface area contributed by atoms with Gasteiger partial charge in [-0.3, -0.25) is 9.59 Å². The van der Waals surface area contributed by atoms with Gasteiger partial charge in [0.25, 0.3) is 5.91 Å². The third kappa shape index (κ3) is 7.70. The molecule has 0 fully saturated rings. The second-order valence-electron chi connectivity index (χ2n) is 9.72. The lowest BCUT2D eigenvalue weighted by molar-refractivity contribution is -0.139. The summed E-state index contributed by atoms with van der Waals surface area (Å²) in [5.74, 6) is -0.786. The molecule has 188 valence electrons. The molecule has 7 heteroatoms. The minimum absolute atomic E-state index is 0.109. The fourth-order valence-corrected chi connectivity index (χ4v) is 3.77. The maximum Gasteiger partial charge on any atom is 0.408 e. The fourth-order valence-electron chi connectivity index (χ4n) is 3.77. The van der Waals surface area contributed by atoms with Gasteiger partial charge in [0.1, 0.15) is 17.7 Å². The molecule has 0 saturated carbocycles. The third-order valence-electron chi connectivity index (χ3n) is 5.36. The molecule has 7 nitrogen and oxygen atoms in total. The third-order valence-corrected chi connectivity index (χ3v) is 5.36. The quantitative estimate of drug-likeness (QED) is 0.508. The summed E-state index contributed by atoms with van der Waals surface area (Å²) in [7, 11) is 0. The molecule has 0 bridgehead atoms. The Bertz CT molecular complexity index is 1070. The van der Waals surface area contributed by atoms with Crippen LogP contribution in [0.5, 0.6) is 0 Å². The number of hydrogen-bond donors (Lipinski definition) is 2. The van der Waals surface area contributed by atoms with Crippen LogP contribution in [-0.2, 0) is 14.3 Å². The zero-order valence-electron chi connectivity index (χ0n) is 21.8. The lowest BCUT2D eigenvalue weighted by Gasteiger charge is -2.33. The number of carbonyl (C=O) groups is 3. The Morgan fingerprint density at radius 2 is 1.66 bits per heavy atom. The van der Waals surface area contributed by atoms with Crippen LogP contribution in [0.15, 0.2) is 55.1 Å². The van der Waals surface area contributed by atoms with Crippen molar-refractivity contribution in [2.24, 2.45) is 0 Å². The Morgan fingerprint density at radius 1 is 1.06 bits per heavy atom. The summed E-state index contributed by atoms with van der Waals surface area (Å²) in [6, 6.07) is 11.4. The van der Waals surface area contributed by atoms with E-state index in [1.54, 1.807) is 33.8 Å². The molecular formula is C28H37N3O4. The molecule has 0 saturated heterocycles. The van der Waals surface area contributed by atoms with E-state index in [2.05, 4.69) is 17.2 Å². The van der Waals surface area contributed by atoms with Crippen LogP contribution in [0, 0.1) is 20.8 Å². The number of nitrogens with zero attached hydrogens (tertiary/aromatic N) is 1. The first kappa shape index (κ1) is 27.6. The Morgan fingerprint density at radius 3 is 2.20 bits per heavy atom. The van der Waals surface area contributed by atoms with Crippen molar-refractivity contribution in [1.29, 1.82) is 0 Å². The van der Waals surface area contributed by atoms with Crippen LogP contribution in [0.1, 0.15) is 56.0 Å². The van der Waals surface area contributed by atoms with Crippen molar-refractivity contribution in [3.8, 4) is 0 Å². The van der Waals surface area contributed by atoms with Gasteiger partial charge in [0.15, 0.2) is 0 Å². The van der Waals surface area contributed by atoms with Crippen LogP contribution in [0.25, 0.3) is 0 Å². The molecular weight excluding hydrogens is 442 g/mol. The van der Waals surface area contributed by atoms with Crippen molar-refractivity contribution in [3.05, 3.63) is 77.4 Å². The lowest BCUT2D eigenvalue weighted by atomic mass is 10.00. The van der Waals surface area contributed by atoms with E-state index in [4.69, 9.17) is 4.74 Å². The van der Waals surface area contributed by atoms with Crippen molar-refractivity contribution >= 4 is 23.6 Å². The van der Waals surface area contributed by atoms with Gasteiger partial charge in [-0.05, 0) is 65.2 Å². The topological polar surface area (TPSA) is 87.7 Å². The van der Waals surface area contributed by atoms with Gasteiger partial charge in [0, 0.05) is 12.2 Å². The maximum absolute atomic E-state index is 13.7. The summed E-state index contributed by atoms with van der Waals surface area (Å²) in [4.78, 5) is 41.0. The second kappa shape index (κ2) is 11.7. The largest absolute Gasteiger partial charge is 0.444 e. The molecule has 0 aliphatic heterocycles. The number of benzene rings is 2. The van der Waals surface area contributed by atoms with Gasteiger partial charge in [-0.25, -0.2) is 4.79 Å². The summed E-state index contributed by atoms with van der Waals surface area (Å²) in [5, 5.41) is 5.60. The highest BCUT2D eigenvalue weighted by Gasteiger charge is 2.34. The van der Waals surface area contributed by atoms with E-state index in [0.29, 0.717) is 11.3 Å². The number of rotatable bonds is 8. The predicted molar refractivity (Wildman–Crippen MR) is 139 cm³/mol. The Balaban J connectivity index is 2.44. The van der Waals surface area contributed by atoms with E-state index in [-0.39, 0.29) is 12.5 Å². The predicted octanol–water partition coefficient (Wildman–Crippen LogP) is 5.22. The molecule has 35 heavy (non-hydrogen) atoms. The van der Waals surface area contributed by atoms with E-state index in [1.165, 1.54) is 4.90 Å². The number of carbonyl (C=O) groups excluding carboxylic acids is 3. The number of hydrogen-bond acceptors (Lipinski definition) is 4. The summed E-state index contributed by atoms with van der Waals surface area (Å²) in [6.45, 7) is 16.5. The number of aryl methyl sites for hydroxylation is 3. The Kier molecular flexibility index (Phi) is 9.23. The molecule has 0 heterocycles. The van der Waals surface area contributed by atoms with Crippen molar-refractivity contribution in [1.82, 2.24) is 10.2 Å². The van der Waals surface area contributed by atoms with E-state index in [9.17, 15) is 14.4 Å². The molecule has 0 aromatic heterocycles. The Labute approximate surface area is 208 Å². The minimum Gasteiger partial charge on any atom is -0.444 e. The van der Waals surface area contributed by atoms with Crippen molar-refractivity contribution < 1.29 is 19.1 Å². The number of ether oxygens (including phenoxy) is 1. The van der Waals surface area contributed by atoms with E-state index in [0.717, 1.165) is 16.7 Å². The summed E-state index contributed by atoms with van der Waals surface area (Å²) in [6.07, 6.45) is 0.858. The number of para-hydroxylation sites is 1. The summed E-state index contributed by atoms with van der Waals surface area (Å²) < 4.78 is 5.29. The molecule has 2 aromatic carbocycles. The van der Waals surface area contributed by atoms with Gasteiger partial charge in [-0.1, -0.05) is 54.1 Å². The van der Waals surface area contributed by atoms with Crippen LogP contribution >= 0.6 is 0 Å². The molecule has 0 aliphatic rings. The van der Waals surface area contributed by atoms with Gasteiger partial charge < -0.3 is 20.3 Å². The zero-order valence-corrected chi connectivity index (χ0v) is 21.8. The zero-order chi connectivity index (χ0) is 26.3. The van der Waals surface area contributed by atoms with Crippen molar-refractivity contribution in [3.63, 3.8) is 0 Å². The number of nitrogens with one attached hydrogen (secondary N) is 2. The van der Waals surface area contributed by atoms with Crippen LogP contribution in [0.4, 0.5) is 10.5 Å². The first-order chi connectivity index (χ1) is 16.3. The monoisotopic (exact) mass is 479 g/mol. The average molecular weight is 480 g/mol. The minimum atomic E-state index is -0.942. The standard InChI is InChI=1S/C28H37N3O4/c1-9-16-31(26(33)21(5)29-27(34)35-28(6,7)8)24(22-15-10-12-18(2)17-22)25(32)30-23-19(3)13-11-14-20(23)4/h9-15,17,21,24H,1,16H2,2-8H3,(H,29,34)(H,30,32). The molecule has 0 radical (unpaired) electrons. The molecule has 2 rings (SSSR count). The highest BCUT2D eigenvalue weighted by molar-refractivity contribution is 5.99. The molecule has 2 N–H and O–H groups in total. The highest BCUT2D eigenvalue weighted by atomic mass is 16.6. The van der Waals surface area contributed by atoms with E-state index < -0.39 is 29.7 Å². The maximum atomic E-state index is 13.7. The first-order valence-corrected chi connectivity index (χ1v) is 11.7. The number of alkyl carbamates (subject to hydrolysis) is 1. The van der Waals surface area contributed by atoms with E-state index >= 15 is 0 Å².